The first kappa shape index (κ1) is 31.1. The molecule has 3 N–H and O–H groups in total. The molecule has 0 saturated carbocycles. The van der Waals surface area contributed by atoms with E-state index in [1.54, 1.807) is 6.92 Å². The Morgan fingerprint density at radius 3 is 2.09 bits per heavy atom. The number of benzene rings is 1. The average Bonchev–Trinajstić information content (AvgIpc) is 2.77. The molecule has 12 heteroatoms. The Labute approximate surface area is 199 Å². The van der Waals surface area contributed by atoms with Gasteiger partial charge in [-0.2, -0.15) is 17.6 Å². The van der Waals surface area contributed by atoms with Crippen LogP contribution in [0, 0.1) is 5.92 Å². The average molecular weight is 511 g/mol. The van der Waals surface area contributed by atoms with Gasteiger partial charge in [0.2, 0.25) is 5.91 Å². The Bertz CT molecular complexity index is 870. The van der Waals surface area contributed by atoms with Crippen LogP contribution in [0.15, 0.2) is 42.6 Å². The van der Waals surface area contributed by atoms with Crippen LogP contribution in [0.25, 0.3) is 0 Å². The number of carboxylic acids is 1. The van der Waals surface area contributed by atoms with Gasteiger partial charge in [0.15, 0.2) is 11.6 Å². The molecule has 0 aliphatic heterocycles. The predicted molar refractivity (Wildman–Crippen MR) is 120 cm³/mol. The van der Waals surface area contributed by atoms with E-state index in [4.69, 9.17) is 26.6 Å². The number of ether oxygens (including phenoxy) is 1. The molecule has 1 atom stereocenters. The van der Waals surface area contributed by atoms with Crippen LogP contribution in [0.4, 0.5) is 23.4 Å². The van der Waals surface area contributed by atoms with Gasteiger partial charge in [-0.1, -0.05) is 62.7 Å². The van der Waals surface area contributed by atoms with Gasteiger partial charge >= 0.3 is 19.0 Å². The number of hydrogen-bond acceptors (Lipinski definition) is 5. The number of aliphatic carboxylic acids is 1. The van der Waals surface area contributed by atoms with E-state index >= 15 is 0 Å². The molecular formula is C22H27ClF4N2O5. The molecule has 190 valence electrons. The number of pyridine rings is 1. The maximum atomic E-state index is 12.2. The van der Waals surface area contributed by atoms with Gasteiger partial charge in [-0.3, -0.25) is 4.79 Å². The van der Waals surface area contributed by atoms with Gasteiger partial charge in [-0.05, 0) is 17.9 Å². The lowest BCUT2D eigenvalue weighted by Crippen LogP contribution is -2.26. The number of aliphatic hydroxyl groups is 1. The molecule has 1 heterocycles. The third kappa shape index (κ3) is 12.9. The molecule has 0 aliphatic carbocycles. The number of hydrogen-bond donors (Lipinski definition) is 3. The smallest absolute Gasteiger partial charge is 0.387 e. The van der Waals surface area contributed by atoms with Crippen molar-refractivity contribution < 1.29 is 42.1 Å². The van der Waals surface area contributed by atoms with Crippen molar-refractivity contribution in [2.75, 3.05) is 11.9 Å². The summed E-state index contributed by atoms with van der Waals surface area (Å²) < 4.78 is 49.8. The summed E-state index contributed by atoms with van der Waals surface area (Å²) in [6, 6.07) is 11.6. The number of alkyl halides is 4. The maximum absolute atomic E-state index is 12.2. The van der Waals surface area contributed by atoms with E-state index in [9.17, 15) is 22.4 Å². The summed E-state index contributed by atoms with van der Waals surface area (Å²) >= 11 is 5.61. The van der Waals surface area contributed by atoms with Crippen molar-refractivity contribution in [3.8, 4) is 5.75 Å². The minimum absolute atomic E-state index is 0.0999. The summed E-state index contributed by atoms with van der Waals surface area (Å²) in [4.78, 5) is 24.4. The summed E-state index contributed by atoms with van der Waals surface area (Å²) in [5, 5.41) is 18.6. The summed E-state index contributed by atoms with van der Waals surface area (Å²) in [6.45, 7) is 2.72. The fourth-order valence-corrected chi connectivity index (χ4v) is 2.30. The van der Waals surface area contributed by atoms with E-state index in [0.717, 1.165) is 6.07 Å². The third-order valence-corrected chi connectivity index (χ3v) is 4.22. The minimum Gasteiger partial charge on any atom is -0.477 e. The van der Waals surface area contributed by atoms with Crippen LogP contribution in [0.5, 0.6) is 5.75 Å². The van der Waals surface area contributed by atoms with E-state index in [0.29, 0.717) is 12.3 Å². The molecule has 1 unspecified atom stereocenters. The van der Waals surface area contributed by atoms with E-state index in [1.165, 1.54) is 11.8 Å². The van der Waals surface area contributed by atoms with Crippen molar-refractivity contribution in [1.29, 1.82) is 0 Å². The van der Waals surface area contributed by atoms with Gasteiger partial charge in [0.05, 0.1) is 17.5 Å². The molecule has 34 heavy (non-hydrogen) atoms. The number of aromatic nitrogens is 1. The number of carbonyl (C=O) groups excluding carboxylic acids is 1. The quantitative estimate of drug-likeness (QED) is 0.408. The molecule has 1 aromatic heterocycles. The molecule has 0 aliphatic rings. The molecule has 0 fully saturated rings. The molecule has 0 radical (unpaired) electrons. The zero-order valence-electron chi connectivity index (χ0n) is 18.7. The fourth-order valence-electron chi connectivity index (χ4n) is 2.15. The Morgan fingerprint density at radius 1 is 1.15 bits per heavy atom. The maximum Gasteiger partial charge on any atom is 0.387 e. The van der Waals surface area contributed by atoms with Crippen LogP contribution in [-0.4, -0.2) is 46.7 Å². The number of nitrogens with zero attached hydrogens (tertiary/aromatic N) is 1. The monoisotopic (exact) mass is 510 g/mol. The van der Waals surface area contributed by atoms with Gasteiger partial charge in [0, 0.05) is 12.3 Å². The van der Waals surface area contributed by atoms with Crippen LogP contribution in [0.1, 0.15) is 38.7 Å². The van der Waals surface area contributed by atoms with Gasteiger partial charge < -0.3 is 20.3 Å². The van der Waals surface area contributed by atoms with Gasteiger partial charge in [0.25, 0.3) is 0 Å². The predicted octanol–water partition coefficient (Wildman–Crippen LogP) is 5.44. The number of rotatable bonds is 8. The second-order valence-electron chi connectivity index (χ2n) is 6.86. The first-order chi connectivity index (χ1) is 15.9. The standard InChI is InChI=1S/C11H13ClF2N2O3.C9H12.C2H2F2O2/c1-2-6(5-17)10(18)16-9-8(19-11(13)14)3-7(12)4-15-9;1-8(2)9-6-4-3-5-7-9;3-1(4)2(5)6/h3-4,6,11,17H,2,5H2,1H3,(H,15,16,18);3-8H,1-2H3;1H,(H,5,6). The fraction of sp³-hybridized carbons (Fsp3) is 0.409. The second kappa shape index (κ2) is 16.7. The second-order valence-corrected chi connectivity index (χ2v) is 7.30. The highest BCUT2D eigenvalue weighted by atomic mass is 35.5. The van der Waals surface area contributed by atoms with Gasteiger partial charge in [0.1, 0.15) is 0 Å². The highest BCUT2D eigenvalue weighted by Crippen LogP contribution is 2.27. The molecule has 0 spiro atoms. The van der Waals surface area contributed by atoms with Crippen LogP contribution in [0.3, 0.4) is 0 Å². The highest BCUT2D eigenvalue weighted by Gasteiger charge is 2.19. The van der Waals surface area contributed by atoms with E-state index in [2.05, 4.69) is 53.2 Å². The number of aliphatic hydroxyl groups excluding tert-OH is 1. The van der Waals surface area contributed by atoms with Crippen LogP contribution in [0.2, 0.25) is 5.02 Å². The first-order valence-electron chi connectivity index (χ1n) is 10.0. The Balaban J connectivity index is 0.000000596. The van der Waals surface area contributed by atoms with E-state index < -0.39 is 30.8 Å². The Hall–Kier alpha value is -2.92. The molecule has 1 amide bonds. The molecule has 0 saturated heterocycles. The molecule has 1 aromatic carbocycles. The van der Waals surface area contributed by atoms with Crippen molar-refractivity contribution in [2.45, 2.75) is 46.1 Å². The zero-order valence-corrected chi connectivity index (χ0v) is 19.5. The van der Waals surface area contributed by atoms with Gasteiger partial charge in [-0.25, -0.2) is 9.78 Å². The largest absolute Gasteiger partial charge is 0.477 e. The lowest BCUT2D eigenvalue weighted by atomic mass is 10.0. The van der Waals surface area contributed by atoms with Gasteiger partial charge in [-0.15, -0.1) is 0 Å². The van der Waals surface area contributed by atoms with E-state index in [1.807, 2.05) is 6.07 Å². The van der Waals surface area contributed by atoms with Crippen LogP contribution in [-0.2, 0) is 9.59 Å². The molecule has 2 aromatic rings. The molecule has 0 bridgehead atoms. The Morgan fingerprint density at radius 2 is 1.71 bits per heavy atom. The highest BCUT2D eigenvalue weighted by molar-refractivity contribution is 6.30. The normalized spacial score (nSPS) is 11.2. The number of anilines is 1. The number of halogens is 5. The van der Waals surface area contributed by atoms with Crippen LogP contribution < -0.4 is 10.1 Å². The molecular weight excluding hydrogens is 484 g/mol. The van der Waals surface area contributed by atoms with Crippen molar-refractivity contribution in [3.63, 3.8) is 0 Å². The minimum atomic E-state index is -3.23. The number of nitrogens with one attached hydrogen (secondary N) is 1. The number of amides is 1. The zero-order chi connectivity index (χ0) is 26.3. The third-order valence-electron chi connectivity index (χ3n) is 4.01. The van der Waals surface area contributed by atoms with Crippen molar-refractivity contribution in [2.24, 2.45) is 5.92 Å². The van der Waals surface area contributed by atoms with Crippen molar-refractivity contribution >= 4 is 29.3 Å². The SMILES string of the molecule is CC(C)c1ccccc1.CCC(CO)C(=O)Nc1ncc(Cl)cc1OC(F)F.O=C(O)C(F)F. The summed E-state index contributed by atoms with van der Waals surface area (Å²) in [5.74, 6) is -3.08. The molecule has 7 nitrogen and oxygen atoms in total. The van der Waals surface area contributed by atoms with E-state index in [-0.39, 0.29) is 23.2 Å². The topological polar surface area (TPSA) is 109 Å². The summed E-state index contributed by atoms with van der Waals surface area (Å²) in [7, 11) is 0. The van der Waals surface area contributed by atoms with Crippen molar-refractivity contribution in [3.05, 3.63) is 53.2 Å². The lowest BCUT2D eigenvalue weighted by molar-refractivity contribution is -0.149. The summed E-state index contributed by atoms with van der Waals surface area (Å²) in [5.41, 5.74) is 1.41. The Kier molecular flexibility index (Phi) is 15.2. The molecule has 2 rings (SSSR count). The lowest BCUT2D eigenvalue weighted by Gasteiger charge is -2.14. The number of carbonyl (C=O) groups is 2. The number of carboxylic acid groups (broad SMARTS) is 1. The first-order valence-corrected chi connectivity index (χ1v) is 10.4. The van der Waals surface area contributed by atoms with Crippen molar-refractivity contribution in [1.82, 2.24) is 4.98 Å². The van der Waals surface area contributed by atoms with Crippen LogP contribution >= 0.6 is 11.6 Å². The summed E-state index contributed by atoms with van der Waals surface area (Å²) in [6.07, 6.45) is -1.64.